The first-order valence-electron chi connectivity index (χ1n) is 7.20. The Kier molecular flexibility index (Phi) is 3.65. The van der Waals surface area contributed by atoms with E-state index in [1.807, 2.05) is 50.3 Å². The molecule has 0 saturated heterocycles. The largest absolute Gasteiger partial charge is 0.462 e. The summed E-state index contributed by atoms with van der Waals surface area (Å²) >= 11 is 0. The van der Waals surface area contributed by atoms with Crippen LogP contribution in [-0.4, -0.2) is 5.78 Å². The highest BCUT2D eigenvalue weighted by molar-refractivity contribution is 6.13. The Bertz CT molecular complexity index is 665. The Hall–Kier alpha value is -2.29. The SMILES string of the molecule is Cc1ccc(/C=C2\CCC/C(=C\c3ccc(C)o3)C2=O)o1. The minimum Gasteiger partial charge on any atom is -0.462 e. The number of carbonyl (C=O) groups is 1. The first-order chi connectivity index (χ1) is 10.1. The average molecular weight is 282 g/mol. The Morgan fingerprint density at radius 3 is 1.71 bits per heavy atom. The van der Waals surface area contributed by atoms with Crippen LogP contribution in [0.1, 0.15) is 42.3 Å². The van der Waals surface area contributed by atoms with E-state index in [-0.39, 0.29) is 5.78 Å². The van der Waals surface area contributed by atoms with Crippen molar-refractivity contribution in [3.63, 3.8) is 0 Å². The van der Waals surface area contributed by atoms with E-state index in [1.54, 1.807) is 0 Å². The molecule has 0 radical (unpaired) electrons. The van der Waals surface area contributed by atoms with E-state index in [9.17, 15) is 4.79 Å². The molecule has 21 heavy (non-hydrogen) atoms. The zero-order valence-corrected chi connectivity index (χ0v) is 12.3. The van der Waals surface area contributed by atoms with Crippen LogP contribution >= 0.6 is 0 Å². The maximum Gasteiger partial charge on any atom is 0.185 e. The summed E-state index contributed by atoms with van der Waals surface area (Å²) in [6, 6.07) is 7.59. The molecule has 0 N–H and O–H groups in total. The number of Topliss-reactive ketones (excluding diaryl/α,β-unsaturated/α-hetero) is 1. The highest BCUT2D eigenvalue weighted by Gasteiger charge is 2.21. The van der Waals surface area contributed by atoms with E-state index in [1.165, 1.54) is 0 Å². The maximum atomic E-state index is 12.5. The molecule has 2 aromatic rings. The fraction of sp³-hybridized carbons (Fsp3) is 0.278. The second kappa shape index (κ2) is 5.60. The molecular weight excluding hydrogens is 264 g/mol. The minimum atomic E-state index is 0.101. The summed E-state index contributed by atoms with van der Waals surface area (Å²) in [7, 11) is 0. The summed E-state index contributed by atoms with van der Waals surface area (Å²) in [5.74, 6) is 3.29. The molecule has 108 valence electrons. The normalized spacial score (nSPS) is 19.6. The fourth-order valence-corrected chi connectivity index (χ4v) is 2.58. The summed E-state index contributed by atoms with van der Waals surface area (Å²) in [6.07, 6.45) is 6.29. The van der Waals surface area contributed by atoms with Gasteiger partial charge in [0.15, 0.2) is 5.78 Å². The quantitative estimate of drug-likeness (QED) is 0.749. The molecule has 3 nitrogen and oxygen atoms in total. The number of rotatable bonds is 2. The van der Waals surface area contributed by atoms with Crippen LogP contribution in [0, 0.1) is 13.8 Å². The van der Waals surface area contributed by atoms with Crippen LogP contribution in [0.4, 0.5) is 0 Å². The second-order valence-electron chi connectivity index (χ2n) is 5.42. The molecule has 2 aromatic heterocycles. The van der Waals surface area contributed by atoms with Gasteiger partial charge in [-0.05, 0) is 69.5 Å². The van der Waals surface area contributed by atoms with Crippen molar-refractivity contribution in [2.24, 2.45) is 0 Å². The van der Waals surface area contributed by atoms with Gasteiger partial charge in [0.25, 0.3) is 0 Å². The third-order valence-electron chi connectivity index (χ3n) is 3.63. The Labute approximate surface area is 124 Å². The third kappa shape index (κ3) is 3.07. The monoisotopic (exact) mass is 282 g/mol. The Morgan fingerprint density at radius 1 is 0.857 bits per heavy atom. The number of aryl methyl sites for hydroxylation is 2. The van der Waals surface area contributed by atoms with Gasteiger partial charge < -0.3 is 8.83 Å². The first kappa shape index (κ1) is 13.7. The van der Waals surface area contributed by atoms with E-state index in [0.717, 1.165) is 53.4 Å². The molecule has 1 saturated carbocycles. The molecule has 1 fully saturated rings. The van der Waals surface area contributed by atoms with Gasteiger partial charge in [0.2, 0.25) is 0 Å². The van der Waals surface area contributed by atoms with Gasteiger partial charge in [-0.3, -0.25) is 4.79 Å². The molecular formula is C18H18O3. The van der Waals surface area contributed by atoms with Crippen LogP contribution in [0.15, 0.2) is 44.2 Å². The highest BCUT2D eigenvalue weighted by atomic mass is 16.3. The fourth-order valence-electron chi connectivity index (χ4n) is 2.58. The van der Waals surface area contributed by atoms with Gasteiger partial charge in [0, 0.05) is 11.1 Å². The second-order valence-corrected chi connectivity index (χ2v) is 5.42. The number of furan rings is 2. The van der Waals surface area contributed by atoms with E-state index < -0.39 is 0 Å². The lowest BCUT2D eigenvalue weighted by molar-refractivity contribution is -0.112. The smallest absolute Gasteiger partial charge is 0.185 e. The number of hydrogen-bond donors (Lipinski definition) is 0. The topological polar surface area (TPSA) is 43.4 Å². The number of ketones is 1. The lowest BCUT2D eigenvalue weighted by Crippen LogP contribution is -2.12. The van der Waals surface area contributed by atoms with Gasteiger partial charge in [-0.1, -0.05) is 0 Å². The zero-order chi connectivity index (χ0) is 14.8. The van der Waals surface area contributed by atoms with E-state index in [0.29, 0.717) is 0 Å². The first-order valence-corrected chi connectivity index (χ1v) is 7.20. The van der Waals surface area contributed by atoms with Crippen molar-refractivity contribution in [2.45, 2.75) is 33.1 Å². The summed E-state index contributed by atoms with van der Waals surface area (Å²) in [5, 5.41) is 0. The van der Waals surface area contributed by atoms with Crippen molar-refractivity contribution >= 4 is 17.9 Å². The van der Waals surface area contributed by atoms with Gasteiger partial charge in [-0.15, -0.1) is 0 Å². The molecule has 0 aromatic carbocycles. The lowest BCUT2D eigenvalue weighted by Gasteiger charge is -2.15. The molecule has 0 aliphatic heterocycles. The van der Waals surface area contributed by atoms with Crippen molar-refractivity contribution in [3.05, 3.63) is 58.5 Å². The predicted octanol–water partition coefficient (Wildman–Crippen LogP) is 4.71. The van der Waals surface area contributed by atoms with E-state index in [4.69, 9.17) is 8.83 Å². The molecule has 0 unspecified atom stereocenters. The minimum absolute atomic E-state index is 0.101. The van der Waals surface area contributed by atoms with Gasteiger partial charge in [-0.25, -0.2) is 0 Å². The highest BCUT2D eigenvalue weighted by Crippen LogP contribution is 2.28. The van der Waals surface area contributed by atoms with Crippen LogP contribution in [0.25, 0.3) is 12.2 Å². The molecule has 1 aliphatic carbocycles. The van der Waals surface area contributed by atoms with Gasteiger partial charge in [0.1, 0.15) is 23.0 Å². The van der Waals surface area contributed by atoms with Crippen LogP contribution in [0.2, 0.25) is 0 Å². The van der Waals surface area contributed by atoms with Gasteiger partial charge in [0.05, 0.1) is 0 Å². The number of allylic oxidation sites excluding steroid dienone is 2. The molecule has 3 rings (SSSR count). The van der Waals surface area contributed by atoms with Crippen LogP contribution in [-0.2, 0) is 4.79 Å². The Morgan fingerprint density at radius 2 is 1.33 bits per heavy atom. The molecule has 1 aliphatic rings. The Balaban J connectivity index is 1.87. The summed E-state index contributed by atoms with van der Waals surface area (Å²) in [6.45, 7) is 3.80. The summed E-state index contributed by atoms with van der Waals surface area (Å²) < 4.78 is 11.0. The van der Waals surface area contributed by atoms with Crippen molar-refractivity contribution in [3.8, 4) is 0 Å². The van der Waals surface area contributed by atoms with Gasteiger partial charge in [-0.2, -0.15) is 0 Å². The standard InChI is InChI=1S/C18H18O3/c1-12-6-8-16(20-12)10-14-4-3-5-15(18(14)19)11-17-9-7-13(2)21-17/h6-11H,3-5H2,1-2H3/b14-10+,15-11+. The van der Waals surface area contributed by atoms with Crippen LogP contribution < -0.4 is 0 Å². The van der Waals surface area contributed by atoms with Crippen molar-refractivity contribution in [1.29, 1.82) is 0 Å². The van der Waals surface area contributed by atoms with Crippen LogP contribution in [0.5, 0.6) is 0 Å². The molecule has 0 amide bonds. The summed E-state index contributed by atoms with van der Waals surface area (Å²) in [4.78, 5) is 12.5. The zero-order valence-electron chi connectivity index (χ0n) is 12.3. The molecule has 0 bridgehead atoms. The molecule has 3 heteroatoms. The van der Waals surface area contributed by atoms with Gasteiger partial charge >= 0.3 is 0 Å². The summed E-state index contributed by atoms with van der Waals surface area (Å²) in [5.41, 5.74) is 1.62. The van der Waals surface area contributed by atoms with Crippen molar-refractivity contribution < 1.29 is 13.6 Å². The van der Waals surface area contributed by atoms with Crippen LogP contribution in [0.3, 0.4) is 0 Å². The third-order valence-corrected chi connectivity index (χ3v) is 3.63. The van der Waals surface area contributed by atoms with Crippen molar-refractivity contribution in [2.75, 3.05) is 0 Å². The molecule has 0 spiro atoms. The predicted molar refractivity (Wildman–Crippen MR) is 81.7 cm³/mol. The lowest BCUT2D eigenvalue weighted by atomic mass is 9.88. The van der Waals surface area contributed by atoms with E-state index >= 15 is 0 Å². The number of hydrogen-bond acceptors (Lipinski definition) is 3. The molecule has 2 heterocycles. The van der Waals surface area contributed by atoms with E-state index in [2.05, 4.69) is 0 Å². The number of carbonyl (C=O) groups excluding carboxylic acids is 1. The van der Waals surface area contributed by atoms with Crippen molar-refractivity contribution in [1.82, 2.24) is 0 Å². The molecule has 0 atom stereocenters. The maximum absolute atomic E-state index is 12.5. The average Bonchev–Trinajstić information content (AvgIpc) is 3.03.